The van der Waals surface area contributed by atoms with Gasteiger partial charge in [-0.15, -0.1) is 10.2 Å². The predicted molar refractivity (Wildman–Crippen MR) is 134 cm³/mol. The number of ether oxygens (including phenoxy) is 1. The molecule has 6 nitrogen and oxygen atoms in total. The van der Waals surface area contributed by atoms with Crippen LogP contribution in [0, 0.1) is 0 Å². The molecule has 6 rings (SSSR count). The van der Waals surface area contributed by atoms with Gasteiger partial charge in [0, 0.05) is 45.2 Å². The number of aromatic nitrogens is 4. The minimum Gasteiger partial charge on any atom is -0.448 e. The molecular formula is C26H23N5OS. The molecule has 0 bridgehead atoms. The molecule has 0 spiro atoms. The summed E-state index contributed by atoms with van der Waals surface area (Å²) < 4.78 is 8.81. The minimum atomic E-state index is -0.406. The van der Waals surface area contributed by atoms with Gasteiger partial charge in [0.1, 0.15) is 0 Å². The third kappa shape index (κ3) is 3.31. The van der Waals surface area contributed by atoms with Crippen molar-refractivity contribution in [2.75, 3.05) is 11.1 Å². The fourth-order valence-corrected chi connectivity index (χ4v) is 5.07. The van der Waals surface area contributed by atoms with Gasteiger partial charge < -0.3 is 14.6 Å². The maximum atomic E-state index is 6.46. The largest absolute Gasteiger partial charge is 0.448 e. The van der Waals surface area contributed by atoms with Gasteiger partial charge in [-0.05, 0) is 36.9 Å². The molecule has 0 saturated heterocycles. The molecule has 0 saturated carbocycles. The lowest BCUT2D eigenvalue weighted by Crippen LogP contribution is -2.17. The Kier molecular flexibility index (Phi) is 4.91. The summed E-state index contributed by atoms with van der Waals surface area (Å²) in [5.74, 6) is 1.37. The van der Waals surface area contributed by atoms with Crippen LogP contribution in [0.4, 0.5) is 5.69 Å². The Bertz CT molecular complexity index is 1500. The van der Waals surface area contributed by atoms with Crippen LogP contribution in [0.25, 0.3) is 33.1 Å². The lowest BCUT2D eigenvalue weighted by molar-refractivity contribution is 0.225. The summed E-state index contributed by atoms with van der Waals surface area (Å²) in [7, 11) is 0. The highest BCUT2D eigenvalue weighted by Crippen LogP contribution is 2.40. The molecule has 1 aliphatic heterocycles. The number of para-hydroxylation sites is 2. The lowest BCUT2D eigenvalue weighted by Gasteiger charge is -2.19. The standard InChI is InChI=1S/C26H23N5OS/c1-3-31-21-12-8-6-9-17(21)19-15-16(13-14-22(19)31)24-27-20-11-7-5-10-18(20)23-25(32-24)28-26(30-29-23)33-4-2/h5-15,24,27H,3-4H2,1-2H3/t24-/m1/s1. The number of nitrogens with zero attached hydrogens (tertiary/aromatic N) is 4. The molecule has 5 aromatic rings. The van der Waals surface area contributed by atoms with Crippen molar-refractivity contribution >= 4 is 39.3 Å². The third-order valence-corrected chi connectivity index (χ3v) is 6.74. The van der Waals surface area contributed by atoms with E-state index in [2.05, 4.69) is 76.4 Å². The van der Waals surface area contributed by atoms with Crippen LogP contribution in [0.5, 0.6) is 5.88 Å². The molecule has 0 unspecified atom stereocenters. The number of rotatable bonds is 4. The van der Waals surface area contributed by atoms with Crippen LogP contribution in [0.15, 0.2) is 71.9 Å². The van der Waals surface area contributed by atoms with Crippen molar-refractivity contribution in [3.63, 3.8) is 0 Å². The summed E-state index contributed by atoms with van der Waals surface area (Å²) in [4.78, 5) is 4.69. The first kappa shape index (κ1) is 20.1. The van der Waals surface area contributed by atoms with E-state index in [-0.39, 0.29) is 0 Å². The van der Waals surface area contributed by atoms with Crippen molar-refractivity contribution in [2.24, 2.45) is 0 Å². The van der Waals surface area contributed by atoms with E-state index in [1.165, 1.54) is 21.8 Å². The van der Waals surface area contributed by atoms with Gasteiger partial charge in [0.15, 0.2) is 11.9 Å². The summed E-state index contributed by atoms with van der Waals surface area (Å²) in [6.45, 7) is 5.17. The van der Waals surface area contributed by atoms with Crippen LogP contribution in [0.3, 0.4) is 0 Å². The molecule has 1 N–H and O–H groups in total. The van der Waals surface area contributed by atoms with Crippen molar-refractivity contribution in [1.29, 1.82) is 0 Å². The van der Waals surface area contributed by atoms with E-state index in [1.54, 1.807) is 11.8 Å². The lowest BCUT2D eigenvalue weighted by atomic mass is 10.1. The maximum Gasteiger partial charge on any atom is 0.247 e. The van der Waals surface area contributed by atoms with Crippen LogP contribution in [-0.2, 0) is 6.54 Å². The predicted octanol–water partition coefficient (Wildman–Crippen LogP) is 6.28. The first-order chi connectivity index (χ1) is 16.3. The molecule has 0 amide bonds. The van der Waals surface area contributed by atoms with E-state index < -0.39 is 6.23 Å². The topological polar surface area (TPSA) is 64.9 Å². The molecular weight excluding hydrogens is 430 g/mol. The second-order valence-corrected chi connectivity index (χ2v) is 9.14. The minimum absolute atomic E-state index is 0.406. The van der Waals surface area contributed by atoms with E-state index >= 15 is 0 Å². The van der Waals surface area contributed by atoms with Crippen LogP contribution < -0.4 is 10.1 Å². The fraction of sp³-hybridized carbons (Fsp3) is 0.192. The molecule has 0 radical (unpaired) electrons. The number of nitrogens with one attached hydrogen (secondary N) is 1. The van der Waals surface area contributed by atoms with Gasteiger partial charge in [0.25, 0.3) is 0 Å². The Labute approximate surface area is 196 Å². The average molecular weight is 454 g/mol. The van der Waals surface area contributed by atoms with Gasteiger partial charge in [-0.2, -0.15) is 4.98 Å². The van der Waals surface area contributed by atoms with Gasteiger partial charge in [0.2, 0.25) is 11.0 Å². The molecule has 33 heavy (non-hydrogen) atoms. The van der Waals surface area contributed by atoms with Gasteiger partial charge in [-0.25, -0.2) is 0 Å². The molecule has 1 aliphatic rings. The van der Waals surface area contributed by atoms with Crippen molar-refractivity contribution in [3.8, 4) is 17.1 Å². The number of hydrogen-bond acceptors (Lipinski definition) is 6. The van der Waals surface area contributed by atoms with Gasteiger partial charge in [0.05, 0.1) is 0 Å². The number of thioether (sulfide) groups is 1. The van der Waals surface area contributed by atoms with Crippen LogP contribution in [0.2, 0.25) is 0 Å². The zero-order chi connectivity index (χ0) is 22.4. The maximum absolute atomic E-state index is 6.46. The van der Waals surface area contributed by atoms with Crippen molar-refractivity contribution in [1.82, 2.24) is 19.7 Å². The van der Waals surface area contributed by atoms with E-state index in [0.29, 0.717) is 16.7 Å². The summed E-state index contributed by atoms with van der Waals surface area (Å²) >= 11 is 1.55. The van der Waals surface area contributed by atoms with Crippen LogP contribution in [-0.4, -0.2) is 25.5 Å². The number of hydrogen-bond donors (Lipinski definition) is 1. The number of fused-ring (bicyclic) bond motifs is 6. The summed E-state index contributed by atoms with van der Waals surface area (Å²) in [5, 5.41) is 15.4. The van der Waals surface area contributed by atoms with Crippen molar-refractivity contribution in [2.45, 2.75) is 31.8 Å². The summed E-state index contributed by atoms with van der Waals surface area (Å²) in [6, 6.07) is 23.2. The van der Waals surface area contributed by atoms with Gasteiger partial charge in [-0.1, -0.05) is 61.2 Å². The van der Waals surface area contributed by atoms with E-state index in [1.807, 2.05) is 24.3 Å². The zero-order valence-corrected chi connectivity index (χ0v) is 19.3. The zero-order valence-electron chi connectivity index (χ0n) is 18.4. The second-order valence-electron chi connectivity index (χ2n) is 7.91. The highest BCUT2D eigenvalue weighted by Gasteiger charge is 2.26. The second kappa shape index (κ2) is 8.08. The van der Waals surface area contributed by atoms with Crippen LogP contribution in [0.1, 0.15) is 25.6 Å². The summed E-state index contributed by atoms with van der Waals surface area (Å²) in [6.07, 6.45) is -0.406. The fourth-order valence-electron chi connectivity index (χ4n) is 4.56. The molecule has 2 aromatic heterocycles. The molecule has 0 aliphatic carbocycles. The highest BCUT2D eigenvalue weighted by molar-refractivity contribution is 7.99. The van der Waals surface area contributed by atoms with Crippen LogP contribution >= 0.6 is 11.8 Å². The first-order valence-corrected chi connectivity index (χ1v) is 12.2. The normalized spacial score (nSPS) is 14.9. The highest BCUT2D eigenvalue weighted by atomic mass is 32.2. The van der Waals surface area contributed by atoms with Gasteiger partial charge in [-0.3, -0.25) is 0 Å². The SMILES string of the molecule is CCSc1nnc2c(n1)O[C@H](c1ccc3c(c1)c1ccccc1n3CC)Nc1ccccc1-2. The molecule has 0 fully saturated rings. The van der Waals surface area contributed by atoms with E-state index in [4.69, 9.17) is 9.72 Å². The summed E-state index contributed by atoms with van der Waals surface area (Å²) in [5.41, 5.74) is 6.05. The molecule has 3 aromatic carbocycles. The van der Waals surface area contributed by atoms with E-state index in [9.17, 15) is 0 Å². The Morgan fingerprint density at radius 1 is 0.939 bits per heavy atom. The quantitative estimate of drug-likeness (QED) is 0.323. The van der Waals surface area contributed by atoms with E-state index in [0.717, 1.165) is 29.1 Å². The van der Waals surface area contributed by atoms with Crippen molar-refractivity contribution < 1.29 is 4.74 Å². The third-order valence-electron chi connectivity index (χ3n) is 6.02. The molecule has 3 heterocycles. The number of benzene rings is 3. The van der Waals surface area contributed by atoms with Crippen molar-refractivity contribution in [3.05, 3.63) is 72.3 Å². The van der Waals surface area contributed by atoms with Gasteiger partial charge >= 0.3 is 0 Å². The first-order valence-electron chi connectivity index (χ1n) is 11.2. The average Bonchev–Trinajstić information content (AvgIpc) is 3.07. The smallest absolute Gasteiger partial charge is 0.247 e. The Balaban J connectivity index is 1.51. The molecule has 164 valence electrons. The molecule has 7 heteroatoms. The number of anilines is 1. The molecule has 1 atom stereocenters. The Hall–Kier alpha value is -3.58. The Morgan fingerprint density at radius 3 is 2.64 bits per heavy atom. The monoisotopic (exact) mass is 453 g/mol. The Morgan fingerprint density at radius 2 is 1.76 bits per heavy atom. The number of aryl methyl sites for hydroxylation is 1.